The molecule has 0 aromatic heterocycles. The molecule has 4 nitrogen and oxygen atoms in total. The van der Waals surface area contributed by atoms with E-state index >= 15 is 0 Å². The van der Waals surface area contributed by atoms with Crippen LogP contribution in [0.2, 0.25) is 0 Å². The molecule has 1 aromatic rings. The minimum atomic E-state index is -0.578. The predicted octanol–water partition coefficient (Wildman–Crippen LogP) is 3.20. The van der Waals surface area contributed by atoms with Crippen LogP contribution < -0.4 is 5.32 Å². The van der Waals surface area contributed by atoms with Gasteiger partial charge in [0.05, 0.1) is 5.41 Å². The van der Waals surface area contributed by atoms with Crippen molar-refractivity contribution in [1.29, 1.82) is 0 Å². The van der Waals surface area contributed by atoms with Gasteiger partial charge < -0.3 is 10.1 Å². The second-order valence-corrected chi connectivity index (χ2v) is 6.83. The minimum absolute atomic E-state index is 0.0655. The maximum atomic E-state index is 12.7. The summed E-state index contributed by atoms with van der Waals surface area (Å²) in [5.74, 6) is -0.158. The molecular formula is C19H27NO3. The van der Waals surface area contributed by atoms with Gasteiger partial charge in [0.25, 0.3) is 5.91 Å². The number of carbonyl (C=O) groups excluding carboxylic acids is 2. The number of rotatable bonds is 6. The quantitative estimate of drug-likeness (QED) is 0.820. The maximum absolute atomic E-state index is 12.7. The molecule has 2 rings (SSSR count). The number of hydrogen-bond donors (Lipinski definition) is 1. The van der Waals surface area contributed by atoms with Crippen LogP contribution in [0.4, 0.5) is 0 Å². The van der Waals surface area contributed by atoms with E-state index in [0.717, 1.165) is 31.2 Å². The number of hydrogen-bond acceptors (Lipinski definition) is 3. The molecule has 0 spiro atoms. The topological polar surface area (TPSA) is 55.4 Å². The number of benzene rings is 1. The molecule has 1 amide bonds. The highest BCUT2D eigenvalue weighted by Gasteiger charge is 2.44. The Kier molecular flexibility index (Phi) is 5.80. The molecule has 4 heteroatoms. The van der Waals surface area contributed by atoms with E-state index in [1.54, 1.807) is 0 Å². The predicted molar refractivity (Wildman–Crippen MR) is 90.0 cm³/mol. The third kappa shape index (κ3) is 4.12. The Balaban J connectivity index is 1.99. The summed E-state index contributed by atoms with van der Waals surface area (Å²) in [6.07, 6.45) is 3.61. The van der Waals surface area contributed by atoms with Crippen molar-refractivity contribution in [2.24, 2.45) is 5.92 Å². The fourth-order valence-corrected chi connectivity index (χ4v) is 3.08. The number of esters is 1. The normalized spacial score (nSPS) is 17.7. The molecule has 1 saturated carbocycles. The molecule has 1 fully saturated rings. The molecule has 0 saturated heterocycles. The van der Waals surface area contributed by atoms with Crippen LogP contribution >= 0.6 is 0 Å². The second-order valence-electron chi connectivity index (χ2n) is 6.83. The van der Waals surface area contributed by atoms with E-state index in [9.17, 15) is 9.59 Å². The van der Waals surface area contributed by atoms with Crippen LogP contribution in [0.3, 0.4) is 0 Å². The molecule has 1 aliphatic rings. The molecule has 1 aromatic carbocycles. The Morgan fingerprint density at radius 3 is 2.30 bits per heavy atom. The van der Waals surface area contributed by atoms with E-state index in [1.165, 1.54) is 0 Å². The minimum Gasteiger partial charge on any atom is -0.455 e. The molecule has 23 heavy (non-hydrogen) atoms. The van der Waals surface area contributed by atoms with Crippen molar-refractivity contribution in [1.82, 2.24) is 5.32 Å². The zero-order valence-corrected chi connectivity index (χ0v) is 14.3. The van der Waals surface area contributed by atoms with Gasteiger partial charge in [0.15, 0.2) is 6.61 Å². The van der Waals surface area contributed by atoms with E-state index in [-0.39, 0.29) is 24.5 Å². The number of ether oxygens (including phenoxy) is 1. The van der Waals surface area contributed by atoms with E-state index in [0.29, 0.717) is 5.92 Å². The fraction of sp³-hybridized carbons (Fsp3) is 0.579. The summed E-state index contributed by atoms with van der Waals surface area (Å²) in [4.78, 5) is 24.6. The first kappa shape index (κ1) is 17.5. The maximum Gasteiger partial charge on any atom is 0.317 e. The summed E-state index contributed by atoms with van der Waals surface area (Å²) in [6, 6.07) is 9.86. The van der Waals surface area contributed by atoms with Gasteiger partial charge in [0.2, 0.25) is 0 Å². The van der Waals surface area contributed by atoms with Crippen molar-refractivity contribution in [3.05, 3.63) is 35.9 Å². The average molecular weight is 317 g/mol. The fourth-order valence-electron chi connectivity index (χ4n) is 3.08. The highest BCUT2D eigenvalue weighted by molar-refractivity contribution is 5.86. The van der Waals surface area contributed by atoms with Crippen LogP contribution in [-0.2, 0) is 19.7 Å². The molecule has 0 radical (unpaired) electrons. The molecule has 0 aliphatic heterocycles. The van der Waals surface area contributed by atoms with Crippen molar-refractivity contribution in [2.75, 3.05) is 6.61 Å². The second kappa shape index (κ2) is 7.62. The lowest BCUT2D eigenvalue weighted by Gasteiger charge is -2.27. The highest BCUT2D eigenvalue weighted by atomic mass is 16.5. The average Bonchev–Trinajstić information content (AvgIpc) is 3.04. The van der Waals surface area contributed by atoms with Gasteiger partial charge in [-0.25, -0.2) is 0 Å². The van der Waals surface area contributed by atoms with Gasteiger partial charge in [-0.15, -0.1) is 0 Å². The first-order valence-corrected chi connectivity index (χ1v) is 8.48. The van der Waals surface area contributed by atoms with Gasteiger partial charge in [-0.2, -0.15) is 0 Å². The van der Waals surface area contributed by atoms with E-state index < -0.39 is 5.41 Å². The molecular weight excluding hydrogens is 290 g/mol. The lowest BCUT2D eigenvalue weighted by Crippen LogP contribution is -2.41. The summed E-state index contributed by atoms with van der Waals surface area (Å²) in [6.45, 7) is 5.83. The number of carbonyl (C=O) groups is 2. The van der Waals surface area contributed by atoms with Crippen LogP contribution in [0, 0.1) is 5.92 Å². The van der Waals surface area contributed by atoms with Gasteiger partial charge in [0.1, 0.15) is 0 Å². The SMILES string of the molecule is CC(C)[C@H](C)NC(=O)COC(=O)C1(c2ccccc2)CCCC1. The van der Waals surface area contributed by atoms with Gasteiger partial charge >= 0.3 is 5.97 Å². The van der Waals surface area contributed by atoms with E-state index in [2.05, 4.69) is 5.32 Å². The molecule has 0 bridgehead atoms. The summed E-state index contributed by atoms with van der Waals surface area (Å²) in [5.41, 5.74) is 0.420. The van der Waals surface area contributed by atoms with Crippen molar-refractivity contribution >= 4 is 11.9 Å². The van der Waals surface area contributed by atoms with Crippen molar-refractivity contribution in [3.63, 3.8) is 0 Å². The van der Waals surface area contributed by atoms with Crippen molar-refractivity contribution in [2.45, 2.75) is 57.9 Å². The highest BCUT2D eigenvalue weighted by Crippen LogP contribution is 2.42. The summed E-state index contributed by atoms with van der Waals surface area (Å²) in [5, 5.41) is 2.86. The monoisotopic (exact) mass is 317 g/mol. The van der Waals surface area contributed by atoms with Crippen LogP contribution in [0.25, 0.3) is 0 Å². The summed E-state index contributed by atoms with van der Waals surface area (Å²) in [7, 11) is 0. The standard InChI is InChI=1S/C19H27NO3/c1-14(2)15(3)20-17(21)13-23-18(22)19(11-7-8-12-19)16-9-5-4-6-10-16/h4-6,9-10,14-15H,7-8,11-13H2,1-3H3,(H,20,21)/t15-/m0/s1. The largest absolute Gasteiger partial charge is 0.455 e. The molecule has 126 valence electrons. The third-order valence-electron chi connectivity index (χ3n) is 4.90. The molecule has 0 unspecified atom stereocenters. The van der Waals surface area contributed by atoms with Crippen LogP contribution in [0.15, 0.2) is 30.3 Å². The van der Waals surface area contributed by atoms with Gasteiger partial charge in [-0.3, -0.25) is 9.59 Å². The molecule has 1 atom stereocenters. The molecule has 0 heterocycles. The van der Waals surface area contributed by atoms with Crippen LogP contribution in [0.5, 0.6) is 0 Å². The van der Waals surface area contributed by atoms with Crippen molar-refractivity contribution in [3.8, 4) is 0 Å². The number of nitrogens with one attached hydrogen (secondary N) is 1. The van der Waals surface area contributed by atoms with E-state index in [4.69, 9.17) is 4.74 Å². The van der Waals surface area contributed by atoms with Gasteiger partial charge in [-0.05, 0) is 31.2 Å². The first-order chi connectivity index (χ1) is 11.0. The molecule has 1 aliphatic carbocycles. The number of amides is 1. The smallest absolute Gasteiger partial charge is 0.317 e. The Hall–Kier alpha value is -1.84. The Bertz CT molecular complexity index is 533. The Morgan fingerprint density at radius 2 is 1.74 bits per heavy atom. The van der Waals surface area contributed by atoms with E-state index in [1.807, 2.05) is 51.1 Å². The van der Waals surface area contributed by atoms with Crippen LogP contribution in [0.1, 0.15) is 52.0 Å². The Labute approximate surface area is 138 Å². The van der Waals surface area contributed by atoms with Crippen LogP contribution in [-0.4, -0.2) is 24.5 Å². The first-order valence-electron chi connectivity index (χ1n) is 8.48. The zero-order chi connectivity index (χ0) is 16.9. The lowest BCUT2D eigenvalue weighted by atomic mass is 9.79. The summed E-state index contributed by atoms with van der Waals surface area (Å²) < 4.78 is 5.38. The Morgan fingerprint density at radius 1 is 1.13 bits per heavy atom. The third-order valence-corrected chi connectivity index (χ3v) is 4.90. The lowest BCUT2D eigenvalue weighted by molar-refractivity contribution is -0.154. The van der Waals surface area contributed by atoms with Gasteiger partial charge in [0, 0.05) is 6.04 Å². The zero-order valence-electron chi connectivity index (χ0n) is 14.3. The summed E-state index contributed by atoms with van der Waals surface area (Å²) >= 11 is 0. The van der Waals surface area contributed by atoms with Gasteiger partial charge in [-0.1, -0.05) is 57.0 Å². The molecule has 1 N–H and O–H groups in total. The van der Waals surface area contributed by atoms with Crippen molar-refractivity contribution < 1.29 is 14.3 Å².